The van der Waals surface area contributed by atoms with Gasteiger partial charge in [0.15, 0.2) is 18.1 Å². The van der Waals surface area contributed by atoms with E-state index in [4.69, 9.17) is 9.47 Å². The number of hydrazone groups is 1. The Bertz CT molecular complexity index is 1230. The molecule has 3 rings (SSSR count). The van der Waals surface area contributed by atoms with Gasteiger partial charge >= 0.3 is 0 Å². The largest absolute Gasteiger partial charge is 0.493 e. The first-order valence-corrected chi connectivity index (χ1v) is 11.8. The second kappa shape index (κ2) is 11.8. The average molecular weight is 589 g/mol. The number of aryl methyl sites for hydroxylation is 2. The number of rotatable bonds is 8. The number of amides is 2. The van der Waals surface area contributed by atoms with Crippen LogP contribution in [0, 0.1) is 13.8 Å². The Kier molecular flexibility index (Phi) is 8.84. The van der Waals surface area contributed by atoms with Crippen molar-refractivity contribution in [1.29, 1.82) is 0 Å². The Morgan fingerprint density at radius 3 is 2.41 bits per heavy atom. The zero-order valence-corrected chi connectivity index (χ0v) is 22.0. The second-order valence-electron chi connectivity index (χ2n) is 7.38. The number of hydrogen-bond donors (Lipinski definition) is 2. The molecule has 0 fully saturated rings. The Balaban J connectivity index is 1.62. The van der Waals surface area contributed by atoms with Crippen LogP contribution in [-0.4, -0.2) is 31.7 Å². The molecule has 3 aromatic carbocycles. The summed E-state index contributed by atoms with van der Waals surface area (Å²) in [4.78, 5) is 24.5. The van der Waals surface area contributed by atoms with Gasteiger partial charge in [0.1, 0.15) is 0 Å². The van der Waals surface area contributed by atoms with Gasteiger partial charge in [-0.05, 0) is 95.0 Å². The molecule has 0 heterocycles. The number of nitrogens with one attached hydrogen (secondary N) is 2. The van der Waals surface area contributed by atoms with E-state index in [1.165, 1.54) is 13.3 Å². The van der Waals surface area contributed by atoms with Crippen molar-refractivity contribution in [2.45, 2.75) is 13.8 Å². The number of halogens is 2. The number of ether oxygens (including phenoxy) is 2. The third-order valence-corrected chi connectivity index (χ3v) is 5.99. The molecule has 2 amide bonds. The van der Waals surface area contributed by atoms with Crippen LogP contribution in [0.3, 0.4) is 0 Å². The third-order valence-electron chi connectivity index (χ3n) is 4.88. The second-order valence-corrected chi connectivity index (χ2v) is 9.15. The Morgan fingerprint density at radius 1 is 1.00 bits per heavy atom. The van der Waals surface area contributed by atoms with Gasteiger partial charge in [0, 0.05) is 15.7 Å². The monoisotopic (exact) mass is 587 g/mol. The first kappa shape index (κ1) is 25.5. The molecule has 3 aromatic rings. The summed E-state index contributed by atoms with van der Waals surface area (Å²) >= 11 is 6.78. The molecule has 0 radical (unpaired) electrons. The standard InChI is InChI=1S/C25H23Br2N3O4/c1-15-4-9-20(10-16(15)2)29-23(31)14-34-24-21(27)11-17(12-22(24)33-3)13-28-30-25(32)18-5-7-19(26)8-6-18/h4-13H,14H2,1-3H3,(H,29,31)(H,30,32)/b28-13+. The number of carbonyl (C=O) groups is 2. The van der Waals surface area contributed by atoms with Gasteiger partial charge < -0.3 is 14.8 Å². The van der Waals surface area contributed by atoms with Gasteiger partial charge in [-0.15, -0.1) is 0 Å². The predicted octanol–water partition coefficient (Wildman–Crippen LogP) is 5.62. The minimum absolute atomic E-state index is 0.196. The van der Waals surface area contributed by atoms with E-state index >= 15 is 0 Å². The maximum atomic E-state index is 12.3. The molecule has 34 heavy (non-hydrogen) atoms. The maximum Gasteiger partial charge on any atom is 0.271 e. The van der Waals surface area contributed by atoms with Crippen LogP contribution in [0.5, 0.6) is 11.5 Å². The van der Waals surface area contributed by atoms with E-state index in [1.807, 2.05) is 32.0 Å². The normalized spacial score (nSPS) is 10.7. The molecule has 2 N–H and O–H groups in total. The summed E-state index contributed by atoms with van der Waals surface area (Å²) < 4.78 is 12.6. The van der Waals surface area contributed by atoms with Gasteiger partial charge in [-0.2, -0.15) is 5.10 Å². The lowest BCUT2D eigenvalue weighted by Gasteiger charge is -2.14. The third kappa shape index (κ3) is 6.91. The topological polar surface area (TPSA) is 89.0 Å². The molecular formula is C25H23Br2N3O4. The molecule has 0 aliphatic carbocycles. The molecule has 0 saturated heterocycles. The molecule has 0 bridgehead atoms. The fraction of sp³-hybridized carbons (Fsp3) is 0.160. The van der Waals surface area contributed by atoms with Crippen molar-refractivity contribution in [2.24, 2.45) is 5.10 Å². The number of hydrogen-bond acceptors (Lipinski definition) is 5. The smallest absolute Gasteiger partial charge is 0.271 e. The van der Waals surface area contributed by atoms with E-state index in [2.05, 4.69) is 47.7 Å². The van der Waals surface area contributed by atoms with E-state index in [-0.39, 0.29) is 18.4 Å². The highest BCUT2D eigenvalue weighted by Gasteiger charge is 2.14. The number of methoxy groups -OCH3 is 1. The van der Waals surface area contributed by atoms with Crippen LogP contribution in [0.4, 0.5) is 5.69 Å². The zero-order chi connectivity index (χ0) is 24.7. The van der Waals surface area contributed by atoms with Gasteiger partial charge in [0.05, 0.1) is 17.8 Å². The number of benzene rings is 3. The quantitative estimate of drug-likeness (QED) is 0.264. The summed E-state index contributed by atoms with van der Waals surface area (Å²) in [5.41, 5.74) is 6.58. The zero-order valence-electron chi connectivity index (χ0n) is 18.8. The van der Waals surface area contributed by atoms with Gasteiger partial charge in [-0.3, -0.25) is 9.59 Å². The van der Waals surface area contributed by atoms with E-state index in [9.17, 15) is 9.59 Å². The summed E-state index contributed by atoms with van der Waals surface area (Å²) in [7, 11) is 1.50. The van der Waals surface area contributed by atoms with Crippen LogP contribution in [0.1, 0.15) is 27.0 Å². The van der Waals surface area contributed by atoms with Crippen LogP contribution < -0.4 is 20.2 Å². The summed E-state index contributed by atoms with van der Waals surface area (Å²) in [6, 6.07) is 16.1. The predicted molar refractivity (Wildman–Crippen MR) is 140 cm³/mol. The van der Waals surface area contributed by atoms with Gasteiger partial charge in [0.2, 0.25) is 0 Å². The number of anilines is 1. The summed E-state index contributed by atoms with van der Waals surface area (Å²) in [5.74, 6) is 0.172. The minimum atomic E-state index is -0.329. The number of carbonyl (C=O) groups excluding carboxylic acids is 2. The molecule has 9 heteroatoms. The van der Waals surface area contributed by atoms with Crippen molar-refractivity contribution in [2.75, 3.05) is 19.0 Å². The van der Waals surface area contributed by atoms with E-state index in [0.717, 1.165) is 15.6 Å². The maximum absolute atomic E-state index is 12.3. The Morgan fingerprint density at radius 2 is 1.74 bits per heavy atom. The highest BCUT2D eigenvalue weighted by Crippen LogP contribution is 2.36. The summed E-state index contributed by atoms with van der Waals surface area (Å²) in [6.45, 7) is 3.80. The molecule has 0 saturated carbocycles. The lowest BCUT2D eigenvalue weighted by atomic mass is 10.1. The van der Waals surface area contributed by atoms with Crippen LogP contribution in [0.15, 0.2) is 68.6 Å². The molecule has 0 aliphatic rings. The summed E-state index contributed by atoms with van der Waals surface area (Å²) in [5, 5.41) is 6.82. The van der Waals surface area contributed by atoms with Crippen LogP contribution >= 0.6 is 31.9 Å². The lowest BCUT2D eigenvalue weighted by Crippen LogP contribution is -2.20. The summed E-state index contributed by atoms with van der Waals surface area (Å²) in [6.07, 6.45) is 1.49. The minimum Gasteiger partial charge on any atom is -0.493 e. The van der Waals surface area contributed by atoms with Crippen molar-refractivity contribution in [1.82, 2.24) is 5.43 Å². The van der Waals surface area contributed by atoms with E-state index in [1.54, 1.807) is 36.4 Å². The first-order chi connectivity index (χ1) is 16.3. The van der Waals surface area contributed by atoms with Crippen molar-refractivity contribution in [3.8, 4) is 11.5 Å². The van der Waals surface area contributed by atoms with Crippen molar-refractivity contribution < 1.29 is 19.1 Å². The highest BCUT2D eigenvalue weighted by molar-refractivity contribution is 9.10. The molecular weight excluding hydrogens is 566 g/mol. The highest BCUT2D eigenvalue weighted by atomic mass is 79.9. The molecule has 0 unspecified atom stereocenters. The molecule has 0 atom stereocenters. The van der Waals surface area contributed by atoms with Gasteiger partial charge in [-0.1, -0.05) is 22.0 Å². The van der Waals surface area contributed by atoms with E-state index < -0.39 is 0 Å². The van der Waals surface area contributed by atoms with Crippen molar-refractivity contribution >= 4 is 55.6 Å². The lowest BCUT2D eigenvalue weighted by molar-refractivity contribution is -0.118. The Hall–Kier alpha value is -3.17. The van der Waals surface area contributed by atoms with Crippen LogP contribution in [0.2, 0.25) is 0 Å². The molecule has 0 spiro atoms. The van der Waals surface area contributed by atoms with E-state index in [0.29, 0.717) is 32.8 Å². The van der Waals surface area contributed by atoms with Crippen LogP contribution in [0.25, 0.3) is 0 Å². The van der Waals surface area contributed by atoms with Crippen molar-refractivity contribution in [3.63, 3.8) is 0 Å². The fourth-order valence-electron chi connectivity index (χ4n) is 2.94. The average Bonchev–Trinajstić information content (AvgIpc) is 2.80. The van der Waals surface area contributed by atoms with Gasteiger partial charge in [0.25, 0.3) is 11.8 Å². The molecule has 176 valence electrons. The molecule has 0 aliphatic heterocycles. The SMILES string of the molecule is COc1cc(/C=N/NC(=O)c2ccc(Br)cc2)cc(Br)c1OCC(=O)Nc1ccc(C)c(C)c1. The Labute approximate surface area is 214 Å². The van der Waals surface area contributed by atoms with Crippen molar-refractivity contribution in [3.05, 3.63) is 85.8 Å². The van der Waals surface area contributed by atoms with Gasteiger partial charge in [-0.25, -0.2) is 5.43 Å². The number of nitrogens with zero attached hydrogens (tertiary/aromatic N) is 1. The van der Waals surface area contributed by atoms with Crippen LogP contribution in [-0.2, 0) is 4.79 Å². The molecule has 7 nitrogen and oxygen atoms in total. The molecule has 0 aromatic heterocycles. The fourth-order valence-corrected chi connectivity index (χ4v) is 3.78. The first-order valence-electron chi connectivity index (χ1n) is 10.2.